The van der Waals surface area contributed by atoms with Crippen LogP contribution in [0.4, 0.5) is 0 Å². The van der Waals surface area contributed by atoms with E-state index in [1.807, 2.05) is 40.0 Å². The number of hydrogen-bond acceptors (Lipinski definition) is 3. The number of piperidine rings is 1. The number of benzene rings is 1. The van der Waals surface area contributed by atoms with E-state index < -0.39 is 0 Å². The number of ether oxygens (including phenoxy) is 1. The van der Waals surface area contributed by atoms with Gasteiger partial charge in [-0.1, -0.05) is 12.1 Å². The summed E-state index contributed by atoms with van der Waals surface area (Å²) in [6.45, 7) is 4.37. The summed E-state index contributed by atoms with van der Waals surface area (Å²) >= 11 is 0. The first-order chi connectivity index (χ1) is 12.2. The molecule has 1 aliphatic rings. The maximum absolute atomic E-state index is 12.4. The van der Waals surface area contributed by atoms with Crippen molar-refractivity contribution in [1.82, 2.24) is 14.7 Å². The first-order valence-electron chi connectivity index (χ1n) is 9.19. The maximum Gasteiger partial charge on any atom is 0.222 e. The molecular formula is C20H27N3O2. The zero-order valence-electron chi connectivity index (χ0n) is 14.9. The van der Waals surface area contributed by atoms with E-state index in [1.165, 1.54) is 5.56 Å². The Hall–Kier alpha value is -2.30. The monoisotopic (exact) mass is 341 g/mol. The normalized spacial score (nSPS) is 17.5. The molecule has 1 aromatic heterocycles. The van der Waals surface area contributed by atoms with Gasteiger partial charge in [-0.15, -0.1) is 0 Å². The standard InChI is InChI=1S/C20H27N3O2/c1-17-7-4-9-19(15-17)25-14-3-2-10-20(24)22-12-5-8-18(16-22)23-13-6-11-21-23/h4,6-7,9,11,13,15,18H,2-3,5,8,10,12,14,16H2,1H3. The molecule has 0 saturated carbocycles. The highest BCUT2D eigenvalue weighted by Crippen LogP contribution is 2.21. The first-order valence-corrected chi connectivity index (χ1v) is 9.19. The molecule has 0 bridgehead atoms. The lowest BCUT2D eigenvalue weighted by Crippen LogP contribution is -2.40. The highest BCUT2D eigenvalue weighted by atomic mass is 16.5. The Morgan fingerprint density at radius 1 is 1.32 bits per heavy atom. The molecule has 1 aromatic carbocycles. The van der Waals surface area contributed by atoms with Crippen LogP contribution in [0.2, 0.25) is 0 Å². The Balaban J connectivity index is 1.36. The minimum absolute atomic E-state index is 0.257. The lowest BCUT2D eigenvalue weighted by Gasteiger charge is -2.33. The van der Waals surface area contributed by atoms with Crippen LogP contribution in [-0.2, 0) is 4.79 Å². The van der Waals surface area contributed by atoms with Crippen molar-refractivity contribution in [3.8, 4) is 5.75 Å². The Bertz CT molecular complexity index is 669. The number of likely N-dealkylation sites (tertiary alicyclic amines) is 1. The molecule has 0 spiro atoms. The number of nitrogens with zero attached hydrogens (tertiary/aromatic N) is 3. The van der Waals surface area contributed by atoms with Gasteiger partial charge in [0, 0.05) is 31.9 Å². The fraction of sp³-hybridized carbons (Fsp3) is 0.500. The summed E-state index contributed by atoms with van der Waals surface area (Å²) in [7, 11) is 0. The molecule has 2 aromatic rings. The molecule has 5 nitrogen and oxygen atoms in total. The zero-order chi connectivity index (χ0) is 17.5. The van der Waals surface area contributed by atoms with E-state index in [-0.39, 0.29) is 5.91 Å². The number of rotatable bonds is 7. The molecule has 3 rings (SSSR count). The van der Waals surface area contributed by atoms with Gasteiger partial charge in [0.15, 0.2) is 0 Å². The Labute approximate surface area is 149 Å². The Morgan fingerprint density at radius 3 is 3.04 bits per heavy atom. The van der Waals surface area contributed by atoms with Crippen LogP contribution >= 0.6 is 0 Å². The lowest BCUT2D eigenvalue weighted by molar-refractivity contribution is -0.133. The molecule has 1 amide bonds. The molecule has 2 heterocycles. The van der Waals surface area contributed by atoms with Crippen molar-refractivity contribution in [3.63, 3.8) is 0 Å². The average Bonchev–Trinajstić information content (AvgIpc) is 3.16. The SMILES string of the molecule is Cc1cccc(OCCCCC(=O)N2CCCC(n3cccn3)C2)c1. The molecule has 1 unspecified atom stereocenters. The van der Waals surface area contributed by atoms with Gasteiger partial charge in [0.25, 0.3) is 0 Å². The predicted molar refractivity (Wildman–Crippen MR) is 97.6 cm³/mol. The number of amides is 1. The van der Waals surface area contributed by atoms with Crippen molar-refractivity contribution in [2.75, 3.05) is 19.7 Å². The molecule has 5 heteroatoms. The topological polar surface area (TPSA) is 47.4 Å². The van der Waals surface area contributed by atoms with E-state index in [4.69, 9.17) is 4.74 Å². The van der Waals surface area contributed by atoms with Gasteiger partial charge in [-0.3, -0.25) is 9.48 Å². The zero-order valence-corrected chi connectivity index (χ0v) is 14.9. The molecule has 0 N–H and O–H groups in total. The fourth-order valence-corrected chi connectivity index (χ4v) is 3.33. The van der Waals surface area contributed by atoms with Gasteiger partial charge < -0.3 is 9.64 Å². The number of aromatic nitrogens is 2. The van der Waals surface area contributed by atoms with Crippen LogP contribution in [0, 0.1) is 6.92 Å². The molecule has 1 fully saturated rings. The average molecular weight is 341 g/mol. The summed E-state index contributed by atoms with van der Waals surface area (Å²) in [6.07, 6.45) is 8.30. The quantitative estimate of drug-likeness (QED) is 0.723. The molecule has 0 aliphatic carbocycles. The van der Waals surface area contributed by atoms with Gasteiger partial charge in [-0.2, -0.15) is 5.10 Å². The van der Waals surface area contributed by atoms with Crippen molar-refractivity contribution in [2.24, 2.45) is 0 Å². The van der Waals surface area contributed by atoms with Crippen LogP contribution in [0.15, 0.2) is 42.7 Å². The van der Waals surface area contributed by atoms with E-state index in [0.29, 0.717) is 19.1 Å². The molecule has 0 radical (unpaired) electrons. The van der Waals surface area contributed by atoms with E-state index in [9.17, 15) is 4.79 Å². The van der Waals surface area contributed by atoms with Crippen molar-refractivity contribution in [1.29, 1.82) is 0 Å². The van der Waals surface area contributed by atoms with Crippen LogP contribution in [0.5, 0.6) is 5.75 Å². The second-order valence-electron chi connectivity index (χ2n) is 6.74. The van der Waals surface area contributed by atoms with Crippen molar-refractivity contribution >= 4 is 5.91 Å². The van der Waals surface area contributed by atoms with E-state index in [2.05, 4.69) is 18.1 Å². The predicted octanol–water partition coefficient (Wildman–Crippen LogP) is 3.60. The van der Waals surface area contributed by atoms with E-state index in [1.54, 1.807) is 6.20 Å². The van der Waals surface area contributed by atoms with Crippen LogP contribution in [-0.4, -0.2) is 40.3 Å². The van der Waals surface area contributed by atoms with Crippen LogP contribution < -0.4 is 4.74 Å². The van der Waals surface area contributed by atoms with Crippen LogP contribution in [0.3, 0.4) is 0 Å². The Kier molecular flexibility index (Phi) is 6.09. The third-order valence-corrected chi connectivity index (χ3v) is 4.69. The van der Waals surface area contributed by atoms with Crippen LogP contribution in [0.1, 0.15) is 43.7 Å². The van der Waals surface area contributed by atoms with Gasteiger partial charge in [0.05, 0.1) is 12.6 Å². The van der Waals surface area contributed by atoms with Gasteiger partial charge in [0.2, 0.25) is 5.91 Å². The largest absolute Gasteiger partial charge is 0.494 e. The summed E-state index contributed by atoms with van der Waals surface area (Å²) in [5.41, 5.74) is 1.20. The summed E-state index contributed by atoms with van der Waals surface area (Å²) in [5, 5.41) is 4.32. The Morgan fingerprint density at radius 2 is 2.24 bits per heavy atom. The minimum atomic E-state index is 0.257. The highest BCUT2D eigenvalue weighted by Gasteiger charge is 2.24. The van der Waals surface area contributed by atoms with Gasteiger partial charge >= 0.3 is 0 Å². The molecule has 1 saturated heterocycles. The molecule has 1 aliphatic heterocycles. The number of unbranched alkanes of at least 4 members (excludes halogenated alkanes) is 1. The van der Waals surface area contributed by atoms with Crippen molar-refractivity contribution in [2.45, 2.75) is 45.1 Å². The second-order valence-corrected chi connectivity index (χ2v) is 6.74. The summed E-state index contributed by atoms with van der Waals surface area (Å²) < 4.78 is 7.72. The molecule has 25 heavy (non-hydrogen) atoms. The minimum Gasteiger partial charge on any atom is -0.494 e. The molecule has 1 atom stereocenters. The van der Waals surface area contributed by atoms with Gasteiger partial charge in [-0.05, 0) is 56.4 Å². The van der Waals surface area contributed by atoms with Crippen molar-refractivity contribution < 1.29 is 9.53 Å². The summed E-state index contributed by atoms with van der Waals surface area (Å²) in [6, 6.07) is 10.3. The van der Waals surface area contributed by atoms with E-state index in [0.717, 1.165) is 44.5 Å². The van der Waals surface area contributed by atoms with E-state index >= 15 is 0 Å². The van der Waals surface area contributed by atoms with Gasteiger partial charge in [0.1, 0.15) is 5.75 Å². The number of carbonyl (C=O) groups excluding carboxylic acids is 1. The second kappa shape index (κ2) is 8.70. The first kappa shape index (κ1) is 17.5. The number of aryl methyl sites for hydroxylation is 1. The molecular weight excluding hydrogens is 314 g/mol. The number of carbonyl (C=O) groups is 1. The van der Waals surface area contributed by atoms with Crippen LogP contribution in [0.25, 0.3) is 0 Å². The van der Waals surface area contributed by atoms with Crippen molar-refractivity contribution in [3.05, 3.63) is 48.3 Å². The third kappa shape index (κ3) is 5.08. The fourth-order valence-electron chi connectivity index (χ4n) is 3.33. The number of hydrogen-bond donors (Lipinski definition) is 0. The van der Waals surface area contributed by atoms with Gasteiger partial charge in [-0.25, -0.2) is 0 Å². The highest BCUT2D eigenvalue weighted by molar-refractivity contribution is 5.76. The lowest BCUT2D eigenvalue weighted by atomic mass is 10.1. The summed E-state index contributed by atoms with van der Waals surface area (Å²) in [4.78, 5) is 14.4. The maximum atomic E-state index is 12.4. The smallest absolute Gasteiger partial charge is 0.222 e. The molecule has 134 valence electrons. The summed E-state index contributed by atoms with van der Waals surface area (Å²) in [5.74, 6) is 1.16. The third-order valence-electron chi connectivity index (χ3n) is 4.69.